The summed E-state index contributed by atoms with van der Waals surface area (Å²) in [7, 11) is 0. The monoisotopic (exact) mass is 710 g/mol. The number of hydrogen-bond donors (Lipinski definition) is 6. The lowest BCUT2D eigenvalue weighted by Crippen LogP contribution is -2.61. The molecule has 1 aromatic heterocycles. The second-order valence-corrected chi connectivity index (χ2v) is 14.7. The number of piperidine rings is 3. The van der Waals surface area contributed by atoms with E-state index in [4.69, 9.17) is 4.74 Å². The number of phenols is 1. The van der Waals surface area contributed by atoms with Gasteiger partial charge in [-0.1, -0.05) is 80.1 Å². The normalized spacial score (nSPS) is 20.0. The van der Waals surface area contributed by atoms with Crippen LogP contribution in [-0.2, 0) is 5.54 Å². The van der Waals surface area contributed by atoms with Crippen LogP contribution in [0.1, 0.15) is 86.1 Å². The summed E-state index contributed by atoms with van der Waals surface area (Å²) >= 11 is 0. The molecule has 52 heavy (non-hydrogen) atoms. The first-order valence-corrected chi connectivity index (χ1v) is 19.0. The van der Waals surface area contributed by atoms with Crippen LogP contribution in [0.4, 0.5) is 4.79 Å². The molecule has 3 fully saturated rings. The van der Waals surface area contributed by atoms with Crippen LogP contribution in [0.5, 0.6) is 11.5 Å². The number of H-pyrrole nitrogens is 1. The minimum atomic E-state index is -1.02. The number of aliphatic hydroxyl groups excluding tert-OH is 1. The summed E-state index contributed by atoms with van der Waals surface area (Å²) in [6.07, 6.45) is 8.05. The molecule has 0 spiro atoms. The third kappa shape index (κ3) is 8.80. The molecule has 2 bridgehead atoms. The summed E-state index contributed by atoms with van der Waals surface area (Å²) in [5, 5.41) is 38.1. The Labute approximate surface area is 306 Å². The van der Waals surface area contributed by atoms with Crippen molar-refractivity contribution in [2.75, 3.05) is 39.3 Å². The number of nitrogens with zero attached hydrogens (tertiary/aromatic N) is 1. The number of aromatic hydroxyl groups is 1. The van der Waals surface area contributed by atoms with Gasteiger partial charge >= 0.3 is 6.09 Å². The maximum Gasteiger partial charge on any atom is 0.405 e. The zero-order chi connectivity index (χ0) is 36.5. The van der Waals surface area contributed by atoms with Crippen molar-refractivity contribution < 1.29 is 24.9 Å². The molecule has 6 N–H and O–H groups in total. The van der Waals surface area contributed by atoms with E-state index in [2.05, 4.69) is 63.8 Å². The van der Waals surface area contributed by atoms with Gasteiger partial charge in [-0.15, -0.1) is 0 Å². The third-order valence-corrected chi connectivity index (χ3v) is 11.2. The molecule has 10 nitrogen and oxygen atoms in total. The van der Waals surface area contributed by atoms with Crippen LogP contribution in [0.25, 0.3) is 10.9 Å². The van der Waals surface area contributed by atoms with Crippen LogP contribution in [0, 0.1) is 18.8 Å². The highest BCUT2D eigenvalue weighted by molar-refractivity contribution is 5.87. The first kappa shape index (κ1) is 37.4. The van der Waals surface area contributed by atoms with Crippen LogP contribution in [0.2, 0.25) is 0 Å². The Balaban J connectivity index is 0.935. The van der Waals surface area contributed by atoms with Crippen molar-refractivity contribution in [3.63, 3.8) is 0 Å². The van der Waals surface area contributed by atoms with Crippen molar-refractivity contribution >= 4 is 17.0 Å². The van der Waals surface area contributed by atoms with Crippen LogP contribution >= 0.6 is 0 Å². The lowest BCUT2D eigenvalue weighted by Gasteiger charge is -2.53. The standard InChI is InChI=1S/C42H54N4O6/c1-29-12-14-31(15-13-29)42(45-41(50)51,36-28-46-23-20-30(36)21-24-46)32-10-9-11-33(26-32)52-25-8-6-4-2-3-5-7-22-43-27-38(48)34-16-18-37(47)40-35(34)17-19-39(49)44-40/h9-19,26,30,36,38,43,45,47-48H,2-8,20-25,27-28H2,1H3,(H,44,49)(H,50,51)/t36-,38-,42?/m0/s1. The van der Waals surface area contributed by atoms with Gasteiger partial charge in [0.2, 0.25) is 5.56 Å². The van der Waals surface area contributed by atoms with Crippen molar-refractivity contribution in [2.24, 2.45) is 11.8 Å². The average Bonchev–Trinajstić information content (AvgIpc) is 3.15. The van der Waals surface area contributed by atoms with E-state index < -0.39 is 17.7 Å². The summed E-state index contributed by atoms with van der Waals surface area (Å²) < 4.78 is 6.27. The van der Waals surface area contributed by atoms with Gasteiger partial charge in [-0.2, -0.15) is 0 Å². The molecule has 3 aromatic carbocycles. The molecule has 0 saturated carbocycles. The van der Waals surface area contributed by atoms with Gasteiger partial charge in [0.25, 0.3) is 0 Å². The minimum absolute atomic E-state index is 0.0125. The molecule has 3 atom stereocenters. The van der Waals surface area contributed by atoms with E-state index in [9.17, 15) is 24.9 Å². The number of aromatic nitrogens is 1. The Bertz CT molecular complexity index is 1840. The summed E-state index contributed by atoms with van der Waals surface area (Å²) in [6.45, 7) is 6.90. The highest BCUT2D eigenvalue weighted by Crippen LogP contribution is 2.47. The van der Waals surface area contributed by atoms with Crippen LogP contribution in [0.3, 0.4) is 0 Å². The van der Waals surface area contributed by atoms with E-state index in [0.717, 1.165) is 106 Å². The summed E-state index contributed by atoms with van der Waals surface area (Å²) in [5.41, 5.74) is 2.90. The summed E-state index contributed by atoms with van der Waals surface area (Å²) in [6, 6.07) is 22.6. The molecule has 1 unspecified atom stereocenters. The number of aryl methyl sites for hydroxylation is 1. The zero-order valence-electron chi connectivity index (χ0n) is 30.3. The van der Waals surface area contributed by atoms with Crippen molar-refractivity contribution in [3.05, 3.63) is 105 Å². The zero-order valence-corrected chi connectivity index (χ0v) is 30.3. The molecule has 0 radical (unpaired) electrons. The number of carbonyl (C=O) groups is 1. The van der Waals surface area contributed by atoms with E-state index in [1.807, 2.05) is 12.1 Å². The van der Waals surface area contributed by atoms with Crippen molar-refractivity contribution in [3.8, 4) is 11.5 Å². The molecule has 3 saturated heterocycles. The van der Waals surface area contributed by atoms with Gasteiger partial charge in [-0.05, 0) is 99.1 Å². The number of fused-ring (bicyclic) bond motifs is 4. The maximum absolute atomic E-state index is 12.5. The predicted octanol–water partition coefficient (Wildman–Crippen LogP) is 6.83. The van der Waals surface area contributed by atoms with Crippen molar-refractivity contribution in [1.82, 2.24) is 20.5 Å². The number of carboxylic acid groups (broad SMARTS) is 1. The topological polar surface area (TPSA) is 147 Å². The number of benzene rings is 3. The fraction of sp³-hybridized carbons (Fsp3) is 0.476. The first-order chi connectivity index (χ1) is 25.2. The van der Waals surface area contributed by atoms with E-state index in [-0.39, 0.29) is 17.2 Å². The van der Waals surface area contributed by atoms with Gasteiger partial charge in [-0.25, -0.2) is 4.79 Å². The number of rotatable bonds is 18. The van der Waals surface area contributed by atoms with E-state index in [1.165, 1.54) is 12.1 Å². The molecule has 3 aliphatic heterocycles. The van der Waals surface area contributed by atoms with E-state index in [1.54, 1.807) is 12.1 Å². The van der Waals surface area contributed by atoms with Gasteiger partial charge in [-0.3, -0.25) is 4.79 Å². The number of unbranched alkanes of at least 4 members (excludes halogenated alkanes) is 6. The fourth-order valence-corrected chi connectivity index (χ4v) is 8.43. The Morgan fingerprint density at radius 2 is 1.67 bits per heavy atom. The van der Waals surface area contributed by atoms with Crippen molar-refractivity contribution in [1.29, 1.82) is 0 Å². The smallest absolute Gasteiger partial charge is 0.405 e. The number of hydrogen-bond acceptors (Lipinski definition) is 7. The molecular formula is C42H54N4O6. The molecule has 278 valence electrons. The SMILES string of the molecule is Cc1ccc(C(NC(=O)O)(c2cccc(OCCCCCCCCCNC[C@H](O)c3ccc(O)c4[nH]c(=O)ccc34)c2)[C@H]2CN3CCC2CC3)cc1. The van der Waals surface area contributed by atoms with Gasteiger partial charge in [0.1, 0.15) is 11.5 Å². The quantitative estimate of drug-likeness (QED) is 0.0617. The number of aromatic amines is 1. The van der Waals surface area contributed by atoms with Gasteiger partial charge in [0, 0.05) is 30.5 Å². The first-order valence-electron chi connectivity index (χ1n) is 19.0. The molecule has 1 amide bonds. The van der Waals surface area contributed by atoms with Crippen LogP contribution in [-0.4, -0.2) is 70.6 Å². The van der Waals surface area contributed by atoms with E-state index in [0.29, 0.717) is 35.5 Å². The average molecular weight is 711 g/mol. The van der Waals surface area contributed by atoms with Crippen molar-refractivity contribution in [2.45, 2.75) is 76.4 Å². The maximum atomic E-state index is 12.5. The molecular weight excluding hydrogens is 656 g/mol. The minimum Gasteiger partial charge on any atom is -0.506 e. The van der Waals surface area contributed by atoms with E-state index >= 15 is 0 Å². The highest BCUT2D eigenvalue weighted by Gasteiger charge is 2.50. The number of nitrogens with one attached hydrogen (secondary N) is 3. The molecule has 4 aromatic rings. The second kappa shape index (κ2) is 17.4. The Morgan fingerprint density at radius 1 is 0.942 bits per heavy atom. The molecule has 0 aliphatic carbocycles. The predicted molar refractivity (Wildman–Crippen MR) is 204 cm³/mol. The summed E-state index contributed by atoms with van der Waals surface area (Å²) in [4.78, 5) is 29.3. The number of aliphatic hydroxyl groups is 1. The van der Waals surface area contributed by atoms with Gasteiger partial charge in [0.05, 0.1) is 23.8 Å². The fourth-order valence-electron chi connectivity index (χ4n) is 8.43. The lowest BCUT2D eigenvalue weighted by atomic mass is 9.63. The molecule has 4 heterocycles. The molecule has 7 rings (SSSR count). The van der Waals surface area contributed by atoms with Gasteiger partial charge < -0.3 is 40.6 Å². The Kier molecular flexibility index (Phi) is 12.5. The highest BCUT2D eigenvalue weighted by atomic mass is 16.5. The lowest BCUT2D eigenvalue weighted by molar-refractivity contribution is 0.00716. The molecule has 3 aliphatic rings. The largest absolute Gasteiger partial charge is 0.506 e. The number of pyridine rings is 1. The third-order valence-electron chi connectivity index (χ3n) is 11.2. The van der Waals surface area contributed by atoms with Crippen LogP contribution < -0.4 is 20.9 Å². The van der Waals surface area contributed by atoms with Gasteiger partial charge in [0.15, 0.2) is 0 Å². The number of phenolic OH excluding ortho intramolecular Hbond substituents is 1. The Hall–Kier alpha value is -4.38. The second-order valence-electron chi connectivity index (χ2n) is 14.7. The number of ether oxygens (including phenoxy) is 1. The Morgan fingerprint density at radius 3 is 2.38 bits per heavy atom. The van der Waals surface area contributed by atoms with Crippen LogP contribution in [0.15, 0.2) is 77.6 Å². The number of amides is 1. The summed E-state index contributed by atoms with van der Waals surface area (Å²) in [5.74, 6) is 1.32. The molecule has 10 heteroatoms.